The van der Waals surface area contributed by atoms with Gasteiger partial charge < -0.3 is 5.32 Å². The van der Waals surface area contributed by atoms with E-state index in [1.165, 1.54) is 12.1 Å². The van der Waals surface area contributed by atoms with E-state index in [4.69, 9.17) is 11.6 Å². The highest BCUT2D eigenvalue weighted by Gasteiger charge is 2.20. The summed E-state index contributed by atoms with van der Waals surface area (Å²) in [5.74, 6) is 0.350. The molecule has 1 N–H and O–H groups in total. The Hall–Kier alpha value is -2.31. The number of aromatic nitrogens is 2. The first-order valence-corrected chi connectivity index (χ1v) is 9.89. The maximum absolute atomic E-state index is 12.9. The summed E-state index contributed by atoms with van der Waals surface area (Å²) in [7, 11) is 0. The molecule has 0 saturated carbocycles. The van der Waals surface area contributed by atoms with E-state index in [9.17, 15) is 9.18 Å². The van der Waals surface area contributed by atoms with Gasteiger partial charge in [-0.25, -0.2) is 9.07 Å². The van der Waals surface area contributed by atoms with E-state index in [0.717, 1.165) is 22.8 Å². The lowest BCUT2D eigenvalue weighted by molar-refractivity contribution is 0.0953. The van der Waals surface area contributed by atoms with Crippen LogP contribution in [0.4, 0.5) is 4.39 Å². The second kappa shape index (κ2) is 9.06. The first kappa shape index (κ1) is 19.5. The van der Waals surface area contributed by atoms with Crippen LogP contribution in [0.5, 0.6) is 0 Å². The van der Waals surface area contributed by atoms with E-state index < -0.39 is 0 Å². The molecule has 0 aliphatic carbocycles. The van der Waals surface area contributed by atoms with Crippen molar-refractivity contribution in [3.05, 3.63) is 76.8 Å². The highest BCUT2D eigenvalue weighted by atomic mass is 35.5. The zero-order chi connectivity index (χ0) is 19.2. The maximum atomic E-state index is 12.9. The summed E-state index contributed by atoms with van der Waals surface area (Å²) >= 11 is 8.02. The molecular weight excluding hydrogens is 385 g/mol. The number of rotatable bonds is 7. The fourth-order valence-electron chi connectivity index (χ4n) is 2.58. The molecule has 7 heteroatoms. The molecule has 1 aromatic heterocycles. The van der Waals surface area contributed by atoms with Gasteiger partial charge in [-0.05, 0) is 55.5 Å². The van der Waals surface area contributed by atoms with Gasteiger partial charge in [0.25, 0.3) is 5.91 Å². The van der Waals surface area contributed by atoms with E-state index in [0.29, 0.717) is 23.0 Å². The van der Waals surface area contributed by atoms with Crippen molar-refractivity contribution >= 4 is 29.3 Å². The van der Waals surface area contributed by atoms with Crippen molar-refractivity contribution in [3.63, 3.8) is 0 Å². The molecule has 3 aromatic rings. The Bertz CT molecular complexity index is 913. The number of aryl methyl sites for hydroxylation is 1. The normalized spacial score (nSPS) is 10.8. The minimum Gasteiger partial charge on any atom is -0.352 e. The van der Waals surface area contributed by atoms with Crippen molar-refractivity contribution in [2.45, 2.75) is 18.2 Å². The van der Waals surface area contributed by atoms with E-state index in [-0.39, 0.29) is 11.7 Å². The summed E-state index contributed by atoms with van der Waals surface area (Å²) < 4.78 is 14.4. The number of thioether (sulfide) groups is 1. The number of benzene rings is 2. The molecule has 1 amide bonds. The highest BCUT2D eigenvalue weighted by molar-refractivity contribution is 7.99. The summed E-state index contributed by atoms with van der Waals surface area (Å²) in [6.45, 7) is 2.30. The summed E-state index contributed by atoms with van der Waals surface area (Å²) in [4.78, 5) is 13.5. The molecule has 0 aliphatic heterocycles. The monoisotopic (exact) mass is 403 g/mol. The average Bonchev–Trinajstić information content (AvgIpc) is 2.98. The van der Waals surface area contributed by atoms with Crippen molar-refractivity contribution in [2.24, 2.45) is 0 Å². The predicted octanol–water partition coefficient (Wildman–Crippen LogP) is 4.89. The second-order valence-electron chi connectivity index (χ2n) is 5.91. The molecule has 0 saturated heterocycles. The van der Waals surface area contributed by atoms with Gasteiger partial charge >= 0.3 is 0 Å². The minimum absolute atomic E-state index is 0.230. The third-order valence-electron chi connectivity index (χ3n) is 3.92. The standard InChI is InChI=1S/C20H19ClFN3OS/c1-14-18(19(21)25(24-14)16-6-3-2-4-7-16)20(26)23-12-5-13-27-17-10-8-15(22)9-11-17/h2-4,6-11H,5,12-13H2,1H3,(H,23,26). The number of hydrogen-bond donors (Lipinski definition) is 1. The molecule has 2 aromatic carbocycles. The quantitative estimate of drug-likeness (QED) is 0.451. The Balaban J connectivity index is 1.54. The van der Waals surface area contributed by atoms with Gasteiger partial charge in [0.15, 0.2) is 0 Å². The van der Waals surface area contributed by atoms with Gasteiger partial charge in [0.1, 0.15) is 11.0 Å². The predicted molar refractivity (Wildman–Crippen MR) is 107 cm³/mol. The van der Waals surface area contributed by atoms with Crippen LogP contribution in [0.3, 0.4) is 0 Å². The fraction of sp³-hybridized carbons (Fsp3) is 0.200. The van der Waals surface area contributed by atoms with Crippen LogP contribution in [-0.4, -0.2) is 28.0 Å². The number of carbonyl (C=O) groups is 1. The molecule has 140 valence electrons. The summed E-state index contributed by atoms with van der Waals surface area (Å²) in [5.41, 5.74) is 1.79. The van der Waals surface area contributed by atoms with Crippen molar-refractivity contribution in [2.75, 3.05) is 12.3 Å². The maximum Gasteiger partial charge on any atom is 0.256 e. The van der Waals surface area contributed by atoms with Crippen molar-refractivity contribution in [1.29, 1.82) is 0 Å². The largest absolute Gasteiger partial charge is 0.352 e. The molecule has 3 rings (SSSR count). The van der Waals surface area contributed by atoms with Crippen LogP contribution in [0.25, 0.3) is 5.69 Å². The number of nitrogens with one attached hydrogen (secondary N) is 1. The average molecular weight is 404 g/mol. The SMILES string of the molecule is Cc1nn(-c2ccccc2)c(Cl)c1C(=O)NCCCSc1ccc(F)cc1. The number of carbonyl (C=O) groups excluding carboxylic acids is 1. The van der Waals surface area contributed by atoms with E-state index in [2.05, 4.69) is 10.4 Å². The lowest BCUT2D eigenvalue weighted by atomic mass is 10.2. The Morgan fingerprint density at radius 1 is 1.19 bits per heavy atom. The third-order valence-corrected chi connectivity index (χ3v) is 5.37. The van der Waals surface area contributed by atoms with Crippen LogP contribution < -0.4 is 5.32 Å². The van der Waals surface area contributed by atoms with Gasteiger partial charge in [0.05, 0.1) is 16.9 Å². The molecule has 0 radical (unpaired) electrons. The number of para-hydroxylation sites is 1. The Morgan fingerprint density at radius 3 is 2.59 bits per heavy atom. The van der Waals surface area contributed by atoms with Crippen LogP contribution in [0.2, 0.25) is 5.15 Å². The second-order valence-corrected chi connectivity index (χ2v) is 7.44. The van der Waals surface area contributed by atoms with Gasteiger partial charge in [-0.1, -0.05) is 29.8 Å². The molecule has 0 aliphatic rings. The summed E-state index contributed by atoms with van der Waals surface area (Å²) in [6, 6.07) is 15.8. The Morgan fingerprint density at radius 2 is 1.89 bits per heavy atom. The zero-order valence-electron chi connectivity index (χ0n) is 14.8. The number of halogens is 2. The zero-order valence-corrected chi connectivity index (χ0v) is 16.4. The topological polar surface area (TPSA) is 46.9 Å². The van der Waals surface area contributed by atoms with E-state index in [1.807, 2.05) is 30.3 Å². The first-order chi connectivity index (χ1) is 13.1. The van der Waals surface area contributed by atoms with Crippen LogP contribution in [0, 0.1) is 12.7 Å². The van der Waals surface area contributed by atoms with E-state index >= 15 is 0 Å². The summed E-state index contributed by atoms with van der Waals surface area (Å²) in [5, 5.41) is 7.58. The van der Waals surface area contributed by atoms with Crippen molar-refractivity contribution < 1.29 is 9.18 Å². The molecule has 0 spiro atoms. The van der Waals surface area contributed by atoms with Crippen molar-refractivity contribution in [1.82, 2.24) is 15.1 Å². The first-order valence-electron chi connectivity index (χ1n) is 8.53. The molecule has 0 bridgehead atoms. The molecule has 0 fully saturated rings. The summed E-state index contributed by atoms with van der Waals surface area (Å²) in [6.07, 6.45) is 0.789. The number of nitrogens with zero attached hydrogens (tertiary/aromatic N) is 2. The van der Waals surface area contributed by atoms with Gasteiger partial charge in [-0.3, -0.25) is 4.79 Å². The van der Waals surface area contributed by atoms with Crippen LogP contribution in [0.15, 0.2) is 59.5 Å². The van der Waals surface area contributed by atoms with E-state index in [1.54, 1.807) is 35.5 Å². The van der Waals surface area contributed by atoms with Gasteiger partial charge in [-0.15, -0.1) is 11.8 Å². The van der Waals surface area contributed by atoms with Crippen molar-refractivity contribution in [3.8, 4) is 5.69 Å². The van der Waals surface area contributed by atoms with Gasteiger partial charge in [-0.2, -0.15) is 5.10 Å². The van der Waals surface area contributed by atoms with Gasteiger partial charge in [0, 0.05) is 11.4 Å². The van der Waals surface area contributed by atoms with Crippen LogP contribution in [0.1, 0.15) is 22.5 Å². The molecular formula is C20H19ClFN3OS. The fourth-order valence-corrected chi connectivity index (χ4v) is 3.79. The number of amides is 1. The minimum atomic E-state index is -0.241. The smallest absolute Gasteiger partial charge is 0.256 e. The third kappa shape index (κ3) is 4.90. The molecule has 1 heterocycles. The van der Waals surface area contributed by atoms with Crippen LogP contribution >= 0.6 is 23.4 Å². The lowest BCUT2D eigenvalue weighted by Gasteiger charge is -2.06. The molecule has 0 atom stereocenters. The molecule has 4 nitrogen and oxygen atoms in total. The lowest BCUT2D eigenvalue weighted by Crippen LogP contribution is -2.25. The Kier molecular flexibility index (Phi) is 6.53. The molecule has 0 unspecified atom stereocenters. The Labute approximate surface area is 166 Å². The molecule has 27 heavy (non-hydrogen) atoms. The number of hydrogen-bond acceptors (Lipinski definition) is 3. The van der Waals surface area contributed by atoms with Gasteiger partial charge in [0.2, 0.25) is 0 Å². The van der Waals surface area contributed by atoms with Crippen LogP contribution in [-0.2, 0) is 0 Å². The highest BCUT2D eigenvalue weighted by Crippen LogP contribution is 2.23.